The second-order valence-corrected chi connectivity index (χ2v) is 9.04. The zero-order chi connectivity index (χ0) is 23.5. The predicted octanol–water partition coefficient (Wildman–Crippen LogP) is 2.58. The van der Waals surface area contributed by atoms with Crippen LogP contribution >= 0.6 is 0 Å². The maximum atomic E-state index is 13.5. The largest absolute Gasteiger partial charge is 0.490 e. The molecule has 2 fully saturated rings. The number of anilines is 1. The molecule has 2 aliphatic rings. The van der Waals surface area contributed by atoms with Gasteiger partial charge in [-0.2, -0.15) is 0 Å². The Labute approximate surface area is 191 Å². The molecular weight excluding hydrogens is 437 g/mol. The number of nitrogens with zero attached hydrogens (tertiary/aromatic N) is 2. The Morgan fingerprint density at radius 2 is 1.73 bits per heavy atom. The lowest BCUT2D eigenvalue weighted by atomic mass is 9.90. The number of hydrogen-bond acceptors (Lipinski definition) is 6. The van der Waals surface area contributed by atoms with Crippen molar-refractivity contribution in [2.45, 2.75) is 24.0 Å². The van der Waals surface area contributed by atoms with Gasteiger partial charge in [-0.05, 0) is 43.2 Å². The second-order valence-electron chi connectivity index (χ2n) is 9.04. The fourth-order valence-corrected chi connectivity index (χ4v) is 4.43. The van der Waals surface area contributed by atoms with Crippen molar-refractivity contribution in [1.82, 2.24) is 4.90 Å². The van der Waals surface area contributed by atoms with Gasteiger partial charge in [0.15, 0.2) is 11.6 Å². The highest BCUT2D eigenvalue weighted by molar-refractivity contribution is 5.47. The van der Waals surface area contributed by atoms with E-state index in [9.17, 15) is 23.4 Å². The van der Waals surface area contributed by atoms with Gasteiger partial charge in [-0.1, -0.05) is 6.07 Å². The minimum absolute atomic E-state index is 0.0267. The van der Waals surface area contributed by atoms with Gasteiger partial charge in [0.05, 0.1) is 18.8 Å². The first-order valence-electron chi connectivity index (χ1n) is 11.1. The Kier molecular flexibility index (Phi) is 7.13. The topological polar surface area (TPSA) is 65.4 Å². The lowest BCUT2D eigenvalue weighted by molar-refractivity contribution is -0.0743. The highest BCUT2D eigenvalue weighted by Crippen LogP contribution is 2.28. The number of hydrogen-bond donors (Lipinski definition) is 2. The molecule has 0 aliphatic carbocycles. The fraction of sp³-hybridized carbons (Fsp3) is 0.500. The van der Waals surface area contributed by atoms with Gasteiger partial charge in [-0.15, -0.1) is 0 Å². The molecular formula is C24H29F3N2O4. The summed E-state index contributed by atoms with van der Waals surface area (Å²) in [5, 5.41) is 22.2. The van der Waals surface area contributed by atoms with Crippen molar-refractivity contribution in [3.8, 4) is 5.75 Å². The molecule has 2 N–H and O–H groups in total. The second kappa shape index (κ2) is 9.89. The summed E-state index contributed by atoms with van der Waals surface area (Å²) in [6.45, 7) is 2.51. The summed E-state index contributed by atoms with van der Waals surface area (Å²) in [6, 6.07) is 9.62. The van der Waals surface area contributed by atoms with E-state index >= 15 is 0 Å². The van der Waals surface area contributed by atoms with E-state index < -0.39 is 22.8 Å². The van der Waals surface area contributed by atoms with E-state index in [0.29, 0.717) is 45.6 Å². The molecule has 33 heavy (non-hydrogen) atoms. The molecule has 2 heterocycles. The van der Waals surface area contributed by atoms with Gasteiger partial charge in [0.25, 0.3) is 0 Å². The zero-order valence-electron chi connectivity index (χ0n) is 18.4. The molecule has 0 aromatic heterocycles. The number of ether oxygens (including phenoxy) is 2. The average molecular weight is 467 g/mol. The highest BCUT2D eigenvalue weighted by Gasteiger charge is 2.39. The van der Waals surface area contributed by atoms with Crippen LogP contribution in [0.1, 0.15) is 12.8 Å². The van der Waals surface area contributed by atoms with Gasteiger partial charge in [0, 0.05) is 44.5 Å². The Morgan fingerprint density at radius 3 is 2.45 bits per heavy atom. The first-order valence-corrected chi connectivity index (χ1v) is 11.1. The third-order valence-electron chi connectivity index (χ3n) is 6.22. The Morgan fingerprint density at radius 1 is 0.939 bits per heavy atom. The van der Waals surface area contributed by atoms with Crippen LogP contribution in [0, 0.1) is 17.5 Å². The number of rotatable bonds is 6. The lowest BCUT2D eigenvalue weighted by Crippen LogP contribution is -2.55. The van der Waals surface area contributed by atoms with Gasteiger partial charge < -0.3 is 24.6 Å². The molecule has 4 rings (SSSR count). The highest BCUT2D eigenvalue weighted by atomic mass is 19.2. The summed E-state index contributed by atoms with van der Waals surface area (Å²) in [7, 11) is 0. The minimum atomic E-state index is -1.38. The summed E-state index contributed by atoms with van der Waals surface area (Å²) in [5.41, 5.74) is -1.53. The maximum absolute atomic E-state index is 13.5. The summed E-state index contributed by atoms with van der Waals surface area (Å²) in [6.07, 6.45) is 1.01. The Bertz CT molecular complexity index is 955. The van der Waals surface area contributed by atoms with E-state index in [1.807, 2.05) is 11.0 Å². The van der Waals surface area contributed by atoms with Crippen LogP contribution in [-0.4, -0.2) is 78.9 Å². The van der Waals surface area contributed by atoms with Crippen molar-refractivity contribution in [2.75, 3.05) is 57.4 Å². The maximum Gasteiger partial charge on any atom is 0.162 e. The standard InChI is InChI=1S/C24H29F3N2O4/c25-18-2-1-3-19(12-18)29-8-6-23(30,7-9-29)14-28-10-11-32-16-24(31,15-28)17-33-20-4-5-21(26)22(27)13-20/h1-5,12-13,30-31H,6-11,14-17H2/t24-/m0/s1. The molecule has 1 atom stereocenters. The lowest BCUT2D eigenvalue weighted by Gasteiger charge is -2.42. The van der Waals surface area contributed by atoms with E-state index in [4.69, 9.17) is 9.47 Å². The zero-order valence-corrected chi connectivity index (χ0v) is 18.4. The number of piperidine rings is 1. The smallest absolute Gasteiger partial charge is 0.162 e. The van der Waals surface area contributed by atoms with Crippen LogP contribution in [0.2, 0.25) is 0 Å². The van der Waals surface area contributed by atoms with Crippen molar-refractivity contribution in [3.05, 3.63) is 59.9 Å². The molecule has 0 spiro atoms. The number of aliphatic hydroxyl groups is 2. The van der Waals surface area contributed by atoms with Crippen LogP contribution in [0.5, 0.6) is 5.75 Å². The predicted molar refractivity (Wildman–Crippen MR) is 117 cm³/mol. The fourth-order valence-electron chi connectivity index (χ4n) is 4.43. The van der Waals surface area contributed by atoms with Crippen LogP contribution in [0.3, 0.4) is 0 Å². The molecule has 0 amide bonds. The third-order valence-corrected chi connectivity index (χ3v) is 6.22. The molecule has 9 heteroatoms. The molecule has 2 aromatic carbocycles. The minimum Gasteiger partial charge on any atom is -0.490 e. The third kappa shape index (κ3) is 6.17. The Hall–Kier alpha value is -2.33. The first kappa shape index (κ1) is 23.8. The molecule has 0 saturated carbocycles. The van der Waals surface area contributed by atoms with Crippen LogP contribution in [-0.2, 0) is 4.74 Å². The molecule has 0 radical (unpaired) electrons. The van der Waals surface area contributed by atoms with Crippen LogP contribution in [0.25, 0.3) is 0 Å². The van der Waals surface area contributed by atoms with E-state index in [0.717, 1.165) is 17.8 Å². The van der Waals surface area contributed by atoms with Gasteiger partial charge in [0.1, 0.15) is 23.8 Å². The van der Waals surface area contributed by atoms with Crippen LogP contribution < -0.4 is 9.64 Å². The van der Waals surface area contributed by atoms with Crippen molar-refractivity contribution < 1.29 is 32.9 Å². The first-order chi connectivity index (χ1) is 15.7. The van der Waals surface area contributed by atoms with E-state index in [1.165, 1.54) is 18.2 Å². The molecule has 0 bridgehead atoms. The van der Waals surface area contributed by atoms with Gasteiger partial charge in [-0.25, -0.2) is 13.2 Å². The summed E-state index contributed by atoms with van der Waals surface area (Å²) >= 11 is 0. The van der Waals surface area contributed by atoms with Crippen molar-refractivity contribution in [1.29, 1.82) is 0 Å². The molecule has 2 aliphatic heterocycles. The molecule has 180 valence electrons. The number of halogens is 3. The van der Waals surface area contributed by atoms with Crippen LogP contribution in [0.15, 0.2) is 42.5 Å². The normalized spacial score (nSPS) is 23.8. The quantitative estimate of drug-likeness (QED) is 0.683. The average Bonchev–Trinajstić information content (AvgIpc) is 2.96. The summed E-state index contributed by atoms with van der Waals surface area (Å²) in [4.78, 5) is 3.99. The molecule has 2 saturated heterocycles. The van der Waals surface area contributed by atoms with Crippen molar-refractivity contribution in [2.24, 2.45) is 0 Å². The van der Waals surface area contributed by atoms with E-state index in [1.54, 1.807) is 6.07 Å². The molecule has 2 aromatic rings. The summed E-state index contributed by atoms with van der Waals surface area (Å²) in [5.74, 6) is -2.17. The molecule has 6 nitrogen and oxygen atoms in total. The van der Waals surface area contributed by atoms with E-state index in [2.05, 4.69) is 4.90 Å². The van der Waals surface area contributed by atoms with Crippen LogP contribution in [0.4, 0.5) is 18.9 Å². The van der Waals surface area contributed by atoms with E-state index in [-0.39, 0.29) is 31.3 Å². The van der Waals surface area contributed by atoms with Crippen molar-refractivity contribution >= 4 is 5.69 Å². The molecule has 0 unspecified atom stereocenters. The number of β-amino-alcohol motifs (C(OH)–C–C–N with tert-alkyl or cyclic N) is 2. The van der Waals surface area contributed by atoms with Crippen molar-refractivity contribution in [3.63, 3.8) is 0 Å². The van der Waals surface area contributed by atoms with Gasteiger partial charge >= 0.3 is 0 Å². The van der Waals surface area contributed by atoms with Gasteiger partial charge in [0.2, 0.25) is 0 Å². The summed E-state index contributed by atoms with van der Waals surface area (Å²) < 4.78 is 51.1. The van der Waals surface area contributed by atoms with Gasteiger partial charge in [-0.3, -0.25) is 4.90 Å². The number of benzene rings is 2. The monoisotopic (exact) mass is 466 g/mol. The Balaban J connectivity index is 1.34. The SMILES string of the molecule is OC1(CN2CCOC[C@](O)(COc3ccc(F)c(F)c3)C2)CCN(c2cccc(F)c2)CC1.